The summed E-state index contributed by atoms with van der Waals surface area (Å²) in [4.78, 5) is 62.8. The number of nitrogens with zero attached hydrogens (tertiary/aromatic N) is 1. The second-order valence-corrected chi connectivity index (χ2v) is 6.87. The van der Waals surface area contributed by atoms with Crippen molar-refractivity contribution in [3.05, 3.63) is 0 Å². The molecule has 15 nitrogen and oxygen atoms in total. The fourth-order valence-corrected chi connectivity index (χ4v) is 2.34. The Balaban J connectivity index is 5.47. The average molecular weight is 461 g/mol. The third-order valence-corrected chi connectivity index (χ3v) is 4.07. The first-order valence-corrected chi connectivity index (χ1v) is 9.66. The highest BCUT2D eigenvalue weighted by Crippen LogP contribution is 2.04. The molecule has 0 bridgehead atoms. The Morgan fingerprint density at radius 1 is 0.875 bits per heavy atom. The van der Waals surface area contributed by atoms with Crippen molar-refractivity contribution in [1.29, 1.82) is 0 Å². The van der Waals surface area contributed by atoms with Crippen molar-refractivity contribution in [2.75, 3.05) is 13.2 Å². The Morgan fingerprint density at radius 3 is 1.81 bits per heavy atom. The van der Waals surface area contributed by atoms with Gasteiger partial charge in [0.1, 0.15) is 18.1 Å². The van der Waals surface area contributed by atoms with Gasteiger partial charge < -0.3 is 48.5 Å². The van der Waals surface area contributed by atoms with Gasteiger partial charge in [0, 0.05) is 13.0 Å². The van der Waals surface area contributed by atoms with E-state index in [1.165, 1.54) is 6.92 Å². The van der Waals surface area contributed by atoms with E-state index >= 15 is 0 Å². The first kappa shape index (κ1) is 28.5. The second kappa shape index (κ2) is 14.5. The molecule has 0 fully saturated rings. The first-order chi connectivity index (χ1) is 14.9. The lowest BCUT2D eigenvalue weighted by Gasteiger charge is -2.24. The molecule has 0 heterocycles. The van der Waals surface area contributed by atoms with Crippen molar-refractivity contribution in [3.63, 3.8) is 0 Å². The number of carboxylic acids is 2. The average Bonchev–Trinajstić information content (AvgIpc) is 2.69. The molecule has 15 heteroatoms. The minimum Gasteiger partial charge on any atom is -0.481 e. The van der Waals surface area contributed by atoms with E-state index in [0.717, 1.165) is 0 Å². The molecule has 182 valence electrons. The van der Waals surface area contributed by atoms with Gasteiger partial charge in [0.05, 0.1) is 12.6 Å². The number of rotatable bonds is 15. The van der Waals surface area contributed by atoms with Gasteiger partial charge >= 0.3 is 11.9 Å². The van der Waals surface area contributed by atoms with E-state index in [4.69, 9.17) is 32.5 Å². The van der Waals surface area contributed by atoms with Gasteiger partial charge in [-0.25, -0.2) is 4.79 Å². The van der Waals surface area contributed by atoms with Crippen LogP contribution in [0.15, 0.2) is 4.99 Å². The molecule has 4 atom stereocenters. The SMILES string of the molecule is CC(N)C(=O)NC(CCC(=O)O)C(=O)NC(CCCN=C(N)N)C(=O)NC(CO)C(=O)O. The number of aliphatic hydroxyl groups is 1. The summed E-state index contributed by atoms with van der Waals surface area (Å²) in [6.07, 6.45) is -0.557. The summed E-state index contributed by atoms with van der Waals surface area (Å²) in [5, 5.41) is 33.7. The number of nitrogens with two attached hydrogens (primary N) is 3. The quantitative estimate of drug-likeness (QED) is 0.0640. The lowest BCUT2D eigenvalue weighted by Crippen LogP contribution is -2.57. The molecule has 12 N–H and O–H groups in total. The number of carboxylic acid groups (broad SMARTS) is 2. The second-order valence-electron chi connectivity index (χ2n) is 6.87. The summed E-state index contributed by atoms with van der Waals surface area (Å²) in [5.74, 6) is -5.39. The normalized spacial score (nSPS) is 14.2. The zero-order chi connectivity index (χ0) is 24.8. The number of hydrogen-bond acceptors (Lipinski definition) is 8. The minimum absolute atomic E-state index is 0.0288. The monoisotopic (exact) mass is 461 g/mol. The Kier molecular flexibility index (Phi) is 13.0. The number of carbonyl (C=O) groups is 5. The van der Waals surface area contributed by atoms with E-state index in [-0.39, 0.29) is 31.8 Å². The highest BCUT2D eigenvalue weighted by atomic mass is 16.4. The third-order valence-electron chi connectivity index (χ3n) is 4.07. The van der Waals surface area contributed by atoms with Gasteiger partial charge in [0.15, 0.2) is 5.96 Å². The summed E-state index contributed by atoms with van der Waals surface area (Å²) < 4.78 is 0. The Morgan fingerprint density at radius 2 is 1.38 bits per heavy atom. The predicted molar refractivity (Wildman–Crippen MR) is 111 cm³/mol. The molecule has 0 saturated heterocycles. The highest BCUT2D eigenvalue weighted by Gasteiger charge is 2.29. The fourth-order valence-electron chi connectivity index (χ4n) is 2.34. The van der Waals surface area contributed by atoms with Crippen molar-refractivity contribution in [3.8, 4) is 0 Å². The molecular formula is C17H31N7O8. The van der Waals surface area contributed by atoms with Crippen molar-refractivity contribution in [2.24, 2.45) is 22.2 Å². The van der Waals surface area contributed by atoms with E-state index in [2.05, 4.69) is 20.9 Å². The maximum atomic E-state index is 12.7. The zero-order valence-electron chi connectivity index (χ0n) is 17.6. The number of amides is 3. The number of guanidine groups is 1. The van der Waals surface area contributed by atoms with Crippen LogP contribution in [0.1, 0.15) is 32.6 Å². The molecular weight excluding hydrogens is 430 g/mol. The molecule has 0 spiro atoms. The van der Waals surface area contributed by atoms with Gasteiger partial charge in [-0.15, -0.1) is 0 Å². The van der Waals surface area contributed by atoms with E-state index in [1.807, 2.05) is 0 Å². The molecule has 3 amide bonds. The maximum Gasteiger partial charge on any atom is 0.328 e. The van der Waals surface area contributed by atoms with Gasteiger partial charge in [-0.3, -0.25) is 24.2 Å². The van der Waals surface area contributed by atoms with Crippen LogP contribution in [0.25, 0.3) is 0 Å². The number of aliphatic imine (C=N–C) groups is 1. The molecule has 32 heavy (non-hydrogen) atoms. The van der Waals surface area contributed by atoms with Crippen LogP contribution in [0, 0.1) is 0 Å². The smallest absolute Gasteiger partial charge is 0.328 e. The first-order valence-electron chi connectivity index (χ1n) is 9.66. The van der Waals surface area contributed by atoms with Gasteiger partial charge in [0.25, 0.3) is 0 Å². The van der Waals surface area contributed by atoms with Crippen LogP contribution >= 0.6 is 0 Å². The van der Waals surface area contributed by atoms with Gasteiger partial charge in [-0.1, -0.05) is 0 Å². The highest BCUT2D eigenvalue weighted by molar-refractivity contribution is 5.94. The van der Waals surface area contributed by atoms with Crippen LogP contribution in [-0.4, -0.2) is 88.3 Å². The van der Waals surface area contributed by atoms with E-state index < -0.39 is 66.9 Å². The Hall–Kier alpha value is -3.46. The lowest BCUT2D eigenvalue weighted by atomic mass is 10.1. The molecule has 0 rings (SSSR count). The number of aliphatic hydroxyl groups excluding tert-OH is 1. The fraction of sp³-hybridized carbons (Fsp3) is 0.647. The topological polar surface area (TPSA) is 273 Å². The predicted octanol–water partition coefficient (Wildman–Crippen LogP) is -4.22. The van der Waals surface area contributed by atoms with Crippen LogP contribution in [-0.2, 0) is 24.0 Å². The maximum absolute atomic E-state index is 12.7. The van der Waals surface area contributed by atoms with E-state index in [9.17, 15) is 24.0 Å². The molecule has 0 aliphatic rings. The Labute approximate surface area is 183 Å². The molecule has 0 saturated carbocycles. The summed E-state index contributed by atoms with van der Waals surface area (Å²) in [6, 6.07) is -5.19. The van der Waals surface area contributed by atoms with Gasteiger partial charge in [0.2, 0.25) is 17.7 Å². The summed E-state index contributed by atoms with van der Waals surface area (Å²) in [6.45, 7) is 0.581. The minimum atomic E-state index is -1.61. The van der Waals surface area contributed by atoms with Gasteiger partial charge in [-0.05, 0) is 26.2 Å². The number of aliphatic carboxylic acids is 2. The number of hydrogen-bond donors (Lipinski definition) is 9. The summed E-state index contributed by atoms with van der Waals surface area (Å²) in [7, 11) is 0. The van der Waals surface area contributed by atoms with E-state index in [0.29, 0.717) is 0 Å². The van der Waals surface area contributed by atoms with Crippen molar-refractivity contribution in [2.45, 2.75) is 56.8 Å². The number of nitrogens with one attached hydrogen (secondary N) is 3. The summed E-state index contributed by atoms with van der Waals surface area (Å²) >= 11 is 0. The van der Waals surface area contributed by atoms with Crippen LogP contribution in [0.3, 0.4) is 0 Å². The largest absolute Gasteiger partial charge is 0.481 e. The molecule has 0 radical (unpaired) electrons. The molecule has 0 aromatic rings. The van der Waals surface area contributed by atoms with Crippen molar-refractivity contribution in [1.82, 2.24) is 16.0 Å². The van der Waals surface area contributed by atoms with Crippen LogP contribution < -0.4 is 33.2 Å². The van der Waals surface area contributed by atoms with Crippen molar-refractivity contribution < 1.29 is 39.3 Å². The molecule has 0 aliphatic carbocycles. The van der Waals surface area contributed by atoms with Crippen LogP contribution in [0.4, 0.5) is 0 Å². The van der Waals surface area contributed by atoms with E-state index in [1.54, 1.807) is 0 Å². The molecule has 0 aliphatic heterocycles. The van der Waals surface area contributed by atoms with Crippen molar-refractivity contribution >= 4 is 35.6 Å². The lowest BCUT2D eigenvalue weighted by molar-refractivity contribution is -0.143. The van der Waals surface area contributed by atoms with Crippen LogP contribution in [0.2, 0.25) is 0 Å². The molecule has 0 aromatic heterocycles. The third kappa shape index (κ3) is 11.7. The molecule has 0 aromatic carbocycles. The Bertz CT molecular complexity index is 709. The van der Waals surface area contributed by atoms with Crippen LogP contribution in [0.5, 0.6) is 0 Å². The summed E-state index contributed by atoms with van der Waals surface area (Å²) in [5.41, 5.74) is 15.9. The standard InChI is InChI=1S/C17H31N7O8/c1-8(18)13(28)22-10(4-5-12(26)27)15(30)23-9(3-2-6-21-17(19)20)14(29)24-11(7-25)16(31)32/h8-11,25H,2-7,18H2,1H3,(H,22,28)(H,23,30)(H,24,29)(H,26,27)(H,31,32)(H4,19,20,21). The number of carbonyl (C=O) groups excluding carboxylic acids is 3. The zero-order valence-corrected chi connectivity index (χ0v) is 17.6. The van der Waals surface area contributed by atoms with Gasteiger partial charge in [-0.2, -0.15) is 0 Å². The molecule has 4 unspecified atom stereocenters.